The van der Waals surface area contributed by atoms with Crippen LogP contribution in [0.4, 0.5) is 22.7 Å². The first-order valence-corrected chi connectivity index (χ1v) is 6.54. The van der Waals surface area contributed by atoms with Crippen LogP contribution in [0.1, 0.15) is 5.56 Å². The number of hydrogen-bond donors (Lipinski definition) is 0. The molecule has 2 aromatic rings. The lowest BCUT2D eigenvalue weighted by Gasteiger charge is -2.04. The zero-order valence-electron chi connectivity index (χ0n) is 12.5. The molecule has 0 bridgehead atoms. The Hall–Kier alpha value is -3.40. The number of hydrogen-bond acceptors (Lipinski definition) is 7. The number of rotatable bonds is 5. The first-order valence-electron chi connectivity index (χ1n) is 6.54. The van der Waals surface area contributed by atoms with Crippen molar-refractivity contribution in [2.24, 2.45) is 20.2 Å². The summed E-state index contributed by atoms with van der Waals surface area (Å²) in [4.78, 5) is 27.7. The highest BCUT2D eigenvalue weighted by Crippen LogP contribution is 2.33. The molecule has 7 heteroatoms. The van der Waals surface area contributed by atoms with Crippen molar-refractivity contribution in [1.29, 1.82) is 0 Å². The van der Waals surface area contributed by atoms with E-state index in [0.717, 1.165) is 5.56 Å². The van der Waals surface area contributed by atoms with Crippen LogP contribution in [0, 0.1) is 6.92 Å². The van der Waals surface area contributed by atoms with Gasteiger partial charge in [-0.1, -0.05) is 0 Å². The number of isocyanates is 2. The van der Waals surface area contributed by atoms with Crippen LogP contribution in [-0.2, 0) is 9.59 Å². The van der Waals surface area contributed by atoms with E-state index in [1.165, 1.54) is 19.3 Å². The Balaban J connectivity index is 2.31. The van der Waals surface area contributed by atoms with Gasteiger partial charge in [0.1, 0.15) is 11.4 Å². The Kier molecular flexibility index (Phi) is 5.25. The minimum atomic E-state index is 0.419. The molecule has 23 heavy (non-hydrogen) atoms. The van der Waals surface area contributed by atoms with Gasteiger partial charge in [-0.25, -0.2) is 9.59 Å². The van der Waals surface area contributed by atoms with Crippen molar-refractivity contribution in [2.45, 2.75) is 6.92 Å². The molecule has 0 aromatic heterocycles. The fourth-order valence-corrected chi connectivity index (χ4v) is 1.86. The van der Waals surface area contributed by atoms with E-state index >= 15 is 0 Å². The smallest absolute Gasteiger partial charge is 0.240 e. The highest BCUT2D eigenvalue weighted by Gasteiger charge is 2.04. The summed E-state index contributed by atoms with van der Waals surface area (Å²) in [6, 6.07) is 9.90. The molecule has 0 spiro atoms. The Morgan fingerprint density at radius 3 is 2.22 bits per heavy atom. The van der Waals surface area contributed by atoms with Gasteiger partial charge in [-0.2, -0.15) is 15.1 Å². The number of methoxy groups -OCH3 is 1. The van der Waals surface area contributed by atoms with Crippen LogP contribution in [0.2, 0.25) is 0 Å². The van der Waals surface area contributed by atoms with Crippen molar-refractivity contribution >= 4 is 34.9 Å². The average molecular weight is 308 g/mol. The summed E-state index contributed by atoms with van der Waals surface area (Å²) in [6.07, 6.45) is 2.96. The number of aryl methyl sites for hydroxylation is 1. The molecule has 114 valence electrons. The van der Waals surface area contributed by atoms with Crippen LogP contribution in [0.25, 0.3) is 0 Å². The molecule has 0 amide bonds. The normalized spacial score (nSPS) is 10.0. The van der Waals surface area contributed by atoms with E-state index in [1.54, 1.807) is 36.4 Å². The second-order valence-electron chi connectivity index (χ2n) is 4.43. The molecule has 0 N–H and O–H groups in total. The first kappa shape index (κ1) is 16.0. The predicted octanol–water partition coefficient (Wildman–Crippen LogP) is 4.35. The minimum Gasteiger partial charge on any atom is -0.494 e. The third-order valence-electron chi connectivity index (χ3n) is 2.96. The molecular weight excluding hydrogens is 296 g/mol. The van der Waals surface area contributed by atoms with E-state index in [0.29, 0.717) is 28.5 Å². The molecule has 0 aliphatic rings. The molecular formula is C16H12N4O3. The Morgan fingerprint density at radius 1 is 0.870 bits per heavy atom. The Labute approximate surface area is 132 Å². The largest absolute Gasteiger partial charge is 0.494 e. The second-order valence-corrected chi connectivity index (χ2v) is 4.43. The summed E-state index contributed by atoms with van der Waals surface area (Å²) in [5, 5.41) is 8.24. The molecule has 2 rings (SSSR count). The Morgan fingerprint density at radius 2 is 1.57 bits per heavy atom. The molecule has 0 saturated carbocycles. The van der Waals surface area contributed by atoms with Gasteiger partial charge in [0, 0.05) is 6.07 Å². The predicted molar refractivity (Wildman–Crippen MR) is 83.9 cm³/mol. The zero-order chi connectivity index (χ0) is 16.7. The maximum absolute atomic E-state index is 10.3. The third kappa shape index (κ3) is 4.04. The lowest BCUT2D eigenvalue weighted by Crippen LogP contribution is -1.82. The lowest BCUT2D eigenvalue weighted by atomic mass is 10.2. The Bertz CT molecular complexity index is 848. The van der Waals surface area contributed by atoms with Gasteiger partial charge in [-0.05, 0) is 42.8 Å². The van der Waals surface area contributed by atoms with Gasteiger partial charge in [0.2, 0.25) is 12.2 Å². The maximum Gasteiger partial charge on any atom is 0.240 e. The van der Waals surface area contributed by atoms with Crippen molar-refractivity contribution in [3.63, 3.8) is 0 Å². The second kappa shape index (κ2) is 7.56. The van der Waals surface area contributed by atoms with Gasteiger partial charge in [0.05, 0.1) is 24.2 Å². The van der Waals surface area contributed by atoms with Gasteiger partial charge >= 0.3 is 0 Å². The molecule has 0 aliphatic carbocycles. The standard InChI is InChI=1S/C16H12N4O3/c1-11-7-13(4-5-14(11)18-10-22)19-20-15-6-3-12(17-9-21)8-16(15)23-2/h3-8H,1-2H3. The number of nitrogens with zero attached hydrogens (tertiary/aromatic N) is 4. The number of benzene rings is 2. The van der Waals surface area contributed by atoms with E-state index in [-0.39, 0.29) is 0 Å². The minimum absolute atomic E-state index is 0.419. The molecule has 0 saturated heterocycles. The zero-order valence-corrected chi connectivity index (χ0v) is 12.5. The summed E-state index contributed by atoms with van der Waals surface area (Å²) in [5.74, 6) is 0.434. The van der Waals surface area contributed by atoms with Gasteiger partial charge in [-0.3, -0.25) is 0 Å². The third-order valence-corrected chi connectivity index (χ3v) is 2.96. The van der Waals surface area contributed by atoms with E-state index in [4.69, 9.17) is 4.74 Å². The summed E-state index contributed by atoms with van der Waals surface area (Å²) in [7, 11) is 1.49. The van der Waals surface area contributed by atoms with Crippen LogP contribution in [-0.4, -0.2) is 19.3 Å². The van der Waals surface area contributed by atoms with Crippen molar-refractivity contribution in [3.05, 3.63) is 42.0 Å². The van der Waals surface area contributed by atoms with Crippen LogP contribution in [0.15, 0.2) is 56.6 Å². The fraction of sp³-hybridized carbons (Fsp3) is 0.125. The summed E-state index contributed by atoms with van der Waals surface area (Å²) in [6.45, 7) is 1.81. The van der Waals surface area contributed by atoms with Crippen molar-refractivity contribution in [2.75, 3.05) is 7.11 Å². The summed E-state index contributed by atoms with van der Waals surface area (Å²) in [5.41, 5.74) is 2.83. The monoisotopic (exact) mass is 308 g/mol. The van der Waals surface area contributed by atoms with Gasteiger partial charge in [0.25, 0.3) is 0 Å². The topological polar surface area (TPSA) is 92.8 Å². The molecule has 0 heterocycles. The number of ether oxygens (including phenoxy) is 1. The fourth-order valence-electron chi connectivity index (χ4n) is 1.86. The van der Waals surface area contributed by atoms with E-state index in [2.05, 4.69) is 20.2 Å². The van der Waals surface area contributed by atoms with E-state index in [9.17, 15) is 9.59 Å². The summed E-state index contributed by atoms with van der Waals surface area (Å²) >= 11 is 0. The lowest BCUT2D eigenvalue weighted by molar-refractivity contribution is 0.416. The average Bonchev–Trinajstić information content (AvgIpc) is 2.56. The van der Waals surface area contributed by atoms with E-state index in [1.807, 2.05) is 6.92 Å². The number of azo groups is 1. The molecule has 0 aliphatic heterocycles. The van der Waals surface area contributed by atoms with Crippen LogP contribution < -0.4 is 4.74 Å². The molecule has 0 atom stereocenters. The maximum atomic E-state index is 10.3. The SMILES string of the molecule is COc1cc(N=C=O)ccc1N=Nc1ccc(N=C=O)c(C)c1. The van der Waals surface area contributed by atoms with Crippen molar-refractivity contribution in [3.8, 4) is 5.75 Å². The molecule has 2 aromatic carbocycles. The molecule has 0 radical (unpaired) electrons. The first-order chi connectivity index (χ1) is 11.2. The quantitative estimate of drug-likeness (QED) is 0.466. The van der Waals surface area contributed by atoms with Crippen LogP contribution in [0.5, 0.6) is 5.75 Å². The molecule has 0 fully saturated rings. The molecule has 0 unspecified atom stereocenters. The number of carbonyl (C=O) groups excluding carboxylic acids is 2. The summed E-state index contributed by atoms with van der Waals surface area (Å²) < 4.78 is 5.19. The highest BCUT2D eigenvalue weighted by molar-refractivity contribution is 5.62. The van der Waals surface area contributed by atoms with Crippen LogP contribution in [0.3, 0.4) is 0 Å². The van der Waals surface area contributed by atoms with Crippen LogP contribution >= 0.6 is 0 Å². The highest BCUT2D eigenvalue weighted by atomic mass is 16.5. The van der Waals surface area contributed by atoms with E-state index < -0.39 is 0 Å². The van der Waals surface area contributed by atoms with Gasteiger partial charge in [0.15, 0.2) is 0 Å². The van der Waals surface area contributed by atoms with Gasteiger partial charge < -0.3 is 4.74 Å². The number of aliphatic imine (C=N–C) groups is 2. The molecule has 7 nitrogen and oxygen atoms in total. The van der Waals surface area contributed by atoms with Gasteiger partial charge in [-0.15, -0.1) is 5.11 Å². The van der Waals surface area contributed by atoms with Crippen molar-refractivity contribution < 1.29 is 14.3 Å². The van der Waals surface area contributed by atoms with Crippen molar-refractivity contribution in [1.82, 2.24) is 0 Å².